The van der Waals surface area contributed by atoms with Crippen molar-refractivity contribution in [2.75, 3.05) is 13.7 Å². The van der Waals surface area contributed by atoms with Gasteiger partial charge in [-0.25, -0.2) is 0 Å². The van der Waals surface area contributed by atoms with Crippen molar-refractivity contribution in [1.29, 1.82) is 0 Å². The summed E-state index contributed by atoms with van der Waals surface area (Å²) in [5.74, 6) is 0.156. The van der Waals surface area contributed by atoms with E-state index in [9.17, 15) is 4.79 Å². The fourth-order valence-corrected chi connectivity index (χ4v) is 2.78. The summed E-state index contributed by atoms with van der Waals surface area (Å²) in [6, 6.07) is 0. The van der Waals surface area contributed by atoms with Crippen molar-refractivity contribution in [3.63, 3.8) is 0 Å². The highest BCUT2D eigenvalue weighted by molar-refractivity contribution is 5.77. The molecule has 3 atom stereocenters. The van der Waals surface area contributed by atoms with Gasteiger partial charge in [0.25, 0.3) is 0 Å². The summed E-state index contributed by atoms with van der Waals surface area (Å²) in [5.41, 5.74) is 2.20. The van der Waals surface area contributed by atoms with Gasteiger partial charge in [-0.1, -0.05) is 0 Å². The van der Waals surface area contributed by atoms with Crippen LogP contribution in [0.25, 0.3) is 0 Å². The van der Waals surface area contributed by atoms with E-state index >= 15 is 0 Å². The van der Waals surface area contributed by atoms with E-state index in [4.69, 9.17) is 9.47 Å². The van der Waals surface area contributed by atoms with Gasteiger partial charge in [-0.15, -0.1) is 0 Å². The first-order valence-corrected chi connectivity index (χ1v) is 6.54. The van der Waals surface area contributed by atoms with Gasteiger partial charge < -0.3 is 9.47 Å². The highest BCUT2D eigenvalue weighted by Gasteiger charge is 2.47. The number of carbonyl (C=O) groups excluding carboxylic acids is 1. The quantitative estimate of drug-likeness (QED) is 0.832. The number of aromatic amines is 1. The van der Waals surface area contributed by atoms with Crippen LogP contribution in [-0.2, 0) is 14.3 Å². The molecule has 1 aliphatic carbocycles. The first kappa shape index (κ1) is 11.7. The third-order valence-corrected chi connectivity index (χ3v) is 3.90. The lowest BCUT2D eigenvalue weighted by atomic mass is 10.0. The average molecular weight is 250 g/mol. The highest BCUT2D eigenvalue weighted by Crippen LogP contribution is 2.50. The molecule has 0 aromatic carbocycles. The Labute approximate surface area is 106 Å². The lowest BCUT2D eigenvalue weighted by Gasteiger charge is -2.22. The van der Waals surface area contributed by atoms with Crippen LogP contribution in [-0.4, -0.2) is 29.9 Å². The fourth-order valence-electron chi connectivity index (χ4n) is 2.78. The van der Waals surface area contributed by atoms with E-state index in [1.165, 1.54) is 13.5 Å². The van der Waals surface area contributed by atoms with E-state index in [1.54, 1.807) is 0 Å². The molecule has 3 unspecified atom stereocenters. The summed E-state index contributed by atoms with van der Waals surface area (Å²) >= 11 is 0. The van der Waals surface area contributed by atoms with E-state index in [0.29, 0.717) is 0 Å². The molecule has 2 heterocycles. The number of ether oxygens (including phenoxy) is 2. The first-order chi connectivity index (χ1) is 8.81. The third-order valence-electron chi connectivity index (χ3n) is 3.90. The zero-order chi connectivity index (χ0) is 12.5. The smallest absolute Gasteiger partial charge is 0.309 e. The van der Waals surface area contributed by atoms with Gasteiger partial charge in [0.05, 0.1) is 31.0 Å². The average Bonchev–Trinajstić information content (AvgIpc) is 3.07. The van der Waals surface area contributed by atoms with Crippen molar-refractivity contribution in [2.45, 2.75) is 37.7 Å². The zero-order valence-corrected chi connectivity index (χ0v) is 10.5. The number of rotatable bonds is 3. The Bertz CT molecular complexity index is 437. The molecular formula is C13H18N2O3. The van der Waals surface area contributed by atoms with Crippen LogP contribution < -0.4 is 0 Å². The van der Waals surface area contributed by atoms with Gasteiger partial charge in [-0.3, -0.25) is 9.89 Å². The number of aromatic nitrogens is 2. The Morgan fingerprint density at radius 1 is 1.56 bits per heavy atom. The third kappa shape index (κ3) is 2.03. The highest BCUT2D eigenvalue weighted by atomic mass is 16.5. The predicted octanol–water partition coefficient (Wildman–Crippen LogP) is 1.93. The fraction of sp³-hybridized carbons (Fsp3) is 0.692. The van der Waals surface area contributed by atoms with E-state index < -0.39 is 0 Å². The van der Waals surface area contributed by atoms with Crippen LogP contribution in [0.1, 0.15) is 49.0 Å². The molecule has 1 aromatic rings. The maximum atomic E-state index is 11.5. The van der Waals surface area contributed by atoms with E-state index in [0.717, 1.165) is 37.1 Å². The molecule has 0 bridgehead atoms. The van der Waals surface area contributed by atoms with Gasteiger partial charge in [0, 0.05) is 12.5 Å². The van der Waals surface area contributed by atoms with Crippen molar-refractivity contribution in [3.8, 4) is 0 Å². The Morgan fingerprint density at radius 2 is 2.44 bits per heavy atom. The molecule has 18 heavy (non-hydrogen) atoms. The molecule has 2 aliphatic rings. The normalized spacial score (nSPS) is 31.1. The summed E-state index contributed by atoms with van der Waals surface area (Å²) in [4.78, 5) is 11.5. The van der Waals surface area contributed by atoms with Gasteiger partial charge in [0.2, 0.25) is 0 Å². The monoisotopic (exact) mass is 250 g/mol. The second kappa shape index (κ2) is 4.72. The van der Waals surface area contributed by atoms with E-state index in [-0.39, 0.29) is 23.9 Å². The molecule has 0 amide bonds. The van der Waals surface area contributed by atoms with Crippen LogP contribution in [0, 0.1) is 5.92 Å². The second-order valence-electron chi connectivity index (χ2n) is 5.07. The predicted molar refractivity (Wildman–Crippen MR) is 64.0 cm³/mol. The number of carbonyl (C=O) groups is 1. The minimum absolute atomic E-state index is 0.00920. The van der Waals surface area contributed by atoms with Crippen LogP contribution in [0.2, 0.25) is 0 Å². The van der Waals surface area contributed by atoms with Crippen molar-refractivity contribution in [2.24, 2.45) is 5.92 Å². The Balaban J connectivity index is 1.74. The van der Waals surface area contributed by atoms with Crippen LogP contribution >= 0.6 is 0 Å². The van der Waals surface area contributed by atoms with Crippen LogP contribution in [0.4, 0.5) is 0 Å². The molecule has 5 heteroatoms. The number of nitrogens with zero attached hydrogens (tertiary/aromatic N) is 1. The maximum absolute atomic E-state index is 11.5. The molecule has 98 valence electrons. The summed E-state index contributed by atoms with van der Waals surface area (Å²) in [6.07, 6.45) is 6.18. The SMILES string of the molecule is COC(=O)C1CC1c1cn[nH]c1C1CCCCO1. The standard InChI is InChI=1S/C13H18N2O3/c1-17-13(16)9-6-8(9)10-7-14-15-12(10)11-4-2-3-5-18-11/h7-9,11H,2-6H2,1H3,(H,14,15). The summed E-state index contributed by atoms with van der Waals surface area (Å²) in [6.45, 7) is 0.814. The minimum Gasteiger partial charge on any atom is -0.469 e. The molecule has 5 nitrogen and oxygen atoms in total. The number of hydrogen-bond donors (Lipinski definition) is 1. The Hall–Kier alpha value is -1.36. The molecular weight excluding hydrogens is 232 g/mol. The zero-order valence-electron chi connectivity index (χ0n) is 10.5. The van der Waals surface area contributed by atoms with Crippen LogP contribution in [0.5, 0.6) is 0 Å². The molecule has 2 fully saturated rings. The largest absolute Gasteiger partial charge is 0.469 e. The Morgan fingerprint density at radius 3 is 3.17 bits per heavy atom. The lowest BCUT2D eigenvalue weighted by Crippen LogP contribution is -2.13. The van der Waals surface area contributed by atoms with Gasteiger partial charge in [0.15, 0.2) is 0 Å². The van der Waals surface area contributed by atoms with Crippen molar-refractivity contribution in [1.82, 2.24) is 10.2 Å². The van der Waals surface area contributed by atoms with Crippen molar-refractivity contribution in [3.05, 3.63) is 17.5 Å². The van der Waals surface area contributed by atoms with E-state index in [2.05, 4.69) is 10.2 Å². The first-order valence-electron chi connectivity index (χ1n) is 6.54. The summed E-state index contributed by atoms with van der Waals surface area (Å²) < 4.78 is 10.6. The topological polar surface area (TPSA) is 64.2 Å². The summed E-state index contributed by atoms with van der Waals surface area (Å²) in [7, 11) is 1.44. The van der Waals surface area contributed by atoms with Crippen molar-refractivity contribution < 1.29 is 14.3 Å². The number of esters is 1. The Kier molecular flexibility index (Phi) is 3.07. The number of methoxy groups -OCH3 is 1. The van der Waals surface area contributed by atoms with Gasteiger partial charge in [0.1, 0.15) is 0 Å². The number of H-pyrrole nitrogens is 1. The molecule has 0 spiro atoms. The van der Waals surface area contributed by atoms with Gasteiger partial charge in [-0.2, -0.15) is 5.10 Å². The number of hydrogen-bond acceptors (Lipinski definition) is 4. The second-order valence-corrected chi connectivity index (χ2v) is 5.07. The molecule has 3 rings (SSSR count). The molecule has 1 saturated heterocycles. The number of nitrogens with one attached hydrogen (secondary N) is 1. The molecule has 1 aliphatic heterocycles. The van der Waals surface area contributed by atoms with Gasteiger partial charge in [-0.05, 0) is 31.2 Å². The van der Waals surface area contributed by atoms with Gasteiger partial charge >= 0.3 is 5.97 Å². The van der Waals surface area contributed by atoms with Crippen LogP contribution in [0.15, 0.2) is 6.20 Å². The molecule has 1 aromatic heterocycles. The molecule has 1 saturated carbocycles. The van der Waals surface area contributed by atoms with E-state index in [1.807, 2.05) is 6.20 Å². The van der Waals surface area contributed by atoms with Crippen LogP contribution in [0.3, 0.4) is 0 Å². The molecule has 1 N–H and O–H groups in total. The maximum Gasteiger partial charge on any atom is 0.309 e. The minimum atomic E-state index is -0.114. The van der Waals surface area contributed by atoms with Crippen molar-refractivity contribution >= 4 is 5.97 Å². The lowest BCUT2D eigenvalue weighted by molar-refractivity contribution is -0.142. The summed E-state index contributed by atoms with van der Waals surface area (Å²) in [5, 5.41) is 7.17. The molecule has 0 radical (unpaired) electrons.